The van der Waals surface area contributed by atoms with Crippen molar-refractivity contribution in [3.05, 3.63) is 57.6 Å². The van der Waals surface area contributed by atoms with Crippen LogP contribution < -0.4 is 9.47 Å². The average Bonchev–Trinajstić information content (AvgIpc) is 2.59. The number of benzene rings is 2. The van der Waals surface area contributed by atoms with Gasteiger partial charge in [0, 0.05) is 17.6 Å². The second kappa shape index (κ2) is 6.62. The number of carbonyl (C=O) groups excluding carboxylic acids is 1. The summed E-state index contributed by atoms with van der Waals surface area (Å²) in [5.41, 5.74) is 3.00. The maximum Gasteiger partial charge on any atom is 0.257 e. The number of hydrogen-bond donors (Lipinski definition) is 0. The normalized spacial score (nSPS) is 13.4. The fraction of sp³-hybridized carbons (Fsp3) is 0.278. The van der Waals surface area contributed by atoms with Crippen molar-refractivity contribution in [1.29, 1.82) is 0 Å². The molecule has 1 aliphatic rings. The number of methoxy groups -OCH3 is 2. The molecule has 0 saturated heterocycles. The first kappa shape index (κ1) is 15.9. The average molecular weight is 376 g/mol. The Morgan fingerprint density at radius 2 is 1.91 bits per heavy atom. The van der Waals surface area contributed by atoms with E-state index in [0.29, 0.717) is 24.4 Å². The van der Waals surface area contributed by atoms with Crippen LogP contribution in [0.15, 0.2) is 40.9 Å². The first-order chi connectivity index (χ1) is 11.1. The Morgan fingerprint density at radius 3 is 2.65 bits per heavy atom. The van der Waals surface area contributed by atoms with E-state index in [-0.39, 0.29) is 5.91 Å². The van der Waals surface area contributed by atoms with E-state index >= 15 is 0 Å². The van der Waals surface area contributed by atoms with Gasteiger partial charge in [0.15, 0.2) is 0 Å². The minimum absolute atomic E-state index is 0.0113. The van der Waals surface area contributed by atoms with Crippen LogP contribution in [0.3, 0.4) is 0 Å². The van der Waals surface area contributed by atoms with Gasteiger partial charge in [-0.15, -0.1) is 0 Å². The third-order valence-corrected chi connectivity index (χ3v) is 4.60. The monoisotopic (exact) mass is 375 g/mol. The van der Waals surface area contributed by atoms with Gasteiger partial charge in [-0.3, -0.25) is 4.79 Å². The maximum atomic E-state index is 12.9. The van der Waals surface area contributed by atoms with Crippen LogP contribution in [-0.4, -0.2) is 31.6 Å². The van der Waals surface area contributed by atoms with Crippen molar-refractivity contribution in [3.8, 4) is 11.5 Å². The molecule has 2 aromatic carbocycles. The van der Waals surface area contributed by atoms with Gasteiger partial charge in [-0.25, -0.2) is 0 Å². The second-order valence-corrected chi connectivity index (χ2v) is 6.37. The Morgan fingerprint density at radius 1 is 1.09 bits per heavy atom. The second-order valence-electron chi connectivity index (χ2n) is 5.46. The molecular weight excluding hydrogens is 358 g/mol. The molecule has 1 aliphatic heterocycles. The van der Waals surface area contributed by atoms with Gasteiger partial charge in [-0.1, -0.05) is 22.0 Å². The van der Waals surface area contributed by atoms with Gasteiger partial charge in [0.05, 0.1) is 19.8 Å². The smallest absolute Gasteiger partial charge is 0.257 e. The van der Waals surface area contributed by atoms with Crippen molar-refractivity contribution in [1.82, 2.24) is 4.90 Å². The van der Waals surface area contributed by atoms with E-state index in [0.717, 1.165) is 22.2 Å². The predicted octanol–water partition coefficient (Wildman–Crippen LogP) is 3.66. The highest BCUT2D eigenvalue weighted by molar-refractivity contribution is 9.10. The van der Waals surface area contributed by atoms with Crippen LogP contribution in [0.2, 0.25) is 0 Å². The lowest BCUT2D eigenvalue weighted by Gasteiger charge is -2.29. The third kappa shape index (κ3) is 3.20. The molecule has 1 amide bonds. The Bertz CT molecular complexity index is 745. The van der Waals surface area contributed by atoms with Gasteiger partial charge < -0.3 is 14.4 Å². The largest absolute Gasteiger partial charge is 0.497 e. The minimum atomic E-state index is -0.0113. The highest BCUT2D eigenvalue weighted by Gasteiger charge is 2.24. The van der Waals surface area contributed by atoms with Crippen LogP contribution >= 0.6 is 15.9 Å². The van der Waals surface area contributed by atoms with Crippen molar-refractivity contribution >= 4 is 21.8 Å². The summed E-state index contributed by atoms with van der Waals surface area (Å²) < 4.78 is 11.5. The fourth-order valence-electron chi connectivity index (χ4n) is 2.85. The first-order valence-electron chi connectivity index (χ1n) is 7.41. The molecule has 0 aliphatic carbocycles. The number of hydrogen-bond acceptors (Lipinski definition) is 3. The Hall–Kier alpha value is -2.01. The van der Waals surface area contributed by atoms with Crippen LogP contribution in [0.5, 0.6) is 11.5 Å². The number of ether oxygens (including phenoxy) is 2. The summed E-state index contributed by atoms with van der Waals surface area (Å²) in [6.07, 6.45) is 0.851. The third-order valence-electron chi connectivity index (χ3n) is 4.11. The topological polar surface area (TPSA) is 38.8 Å². The van der Waals surface area contributed by atoms with Crippen LogP contribution in [0.1, 0.15) is 21.5 Å². The molecule has 5 heteroatoms. The van der Waals surface area contributed by atoms with Crippen LogP contribution in [0.25, 0.3) is 0 Å². The molecule has 0 N–H and O–H groups in total. The lowest BCUT2D eigenvalue weighted by atomic mass is 9.98. The molecule has 1 heterocycles. The molecule has 0 unspecified atom stereocenters. The number of nitrogens with zero attached hydrogens (tertiary/aromatic N) is 1. The molecule has 0 aromatic heterocycles. The lowest BCUT2D eigenvalue weighted by molar-refractivity contribution is 0.0731. The molecule has 0 bridgehead atoms. The van der Waals surface area contributed by atoms with E-state index in [2.05, 4.69) is 22.0 Å². The Kier molecular flexibility index (Phi) is 4.57. The molecule has 23 heavy (non-hydrogen) atoms. The minimum Gasteiger partial charge on any atom is -0.497 e. The zero-order valence-electron chi connectivity index (χ0n) is 13.1. The zero-order valence-corrected chi connectivity index (χ0v) is 14.7. The van der Waals surface area contributed by atoms with E-state index in [1.807, 2.05) is 29.2 Å². The van der Waals surface area contributed by atoms with Crippen molar-refractivity contribution in [2.75, 3.05) is 20.8 Å². The molecule has 120 valence electrons. The van der Waals surface area contributed by atoms with E-state index in [9.17, 15) is 4.79 Å². The number of fused-ring (bicyclic) bond motifs is 1. The molecule has 4 nitrogen and oxygen atoms in total. The molecule has 0 spiro atoms. The van der Waals surface area contributed by atoms with Crippen molar-refractivity contribution in [2.45, 2.75) is 13.0 Å². The molecule has 0 fully saturated rings. The summed E-state index contributed by atoms with van der Waals surface area (Å²) >= 11 is 3.40. The summed E-state index contributed by atoms with van der Waals surface area (Å²) in [5.74, 6) is 1.39. The molecule has 0 saturated carbocycles. The zero-order chi connectivity index (χ0) is 16.4. The summed E-state index contributed by atoms with van der Waals surface area (Å²) in [6.45, 7) is 1.29. The van der Waals surface area contributed by atoms with Gasteiger partial charge in [0.2, 0.25) is 0 Å². The van der Waals surface area contributed by atoms with Gasteiger partial charge in [0.1, 0.15) is 11.5 Å². The van der Waals surface area contributed by atoms with Gasteiger partial charge in [0.25, 0.3) is 5.91 Å². The number of amides is 1. The number of halogens is 1. The van der Waals surface area contributed by atoms with Crippen molar-refractivity contribution < 1.29 is 14.3 Å². The fourth-order valence-corrected chi connectivity index (χ4v) is 3.19. The molecule has 2 aromatic rings. The number of carbonyl (C=O) groups is 1. The lowest BCUT2D eigenvalue weighted by Crippen LogP contribution is -2.36. The van der Waals surface area contributed by atoms with Gasteiger partial charge >= 0.3 is 0 Å². The van der Waals surface area contributed by atoms with E-state index in [1.54, 1.807) is 20.3 Å². The van der Waals surface area contributed by atoms with Crippen LogP contribution in [0.4, 0.5) is 0 Å². The summed E-state index contributed by atoms with van der Waals surface area (Å²) in [5, 5.41) is 0. The summed E-state index contributed by atoms with van der Waals surface area (Å²) in [6, 6.07) is 11.5. The van der Waals surface area contributed by atoms with E-state index in [4.69, 9.17) is 9.47 Å². The van der Waals surface area contributed by atoms with Crippen LogP contribution in [0, 0.1) is 0 Å². The Labute approximate surface area is 144 Å². The highest BCUT2D eigenvalue weighted by Crippen LogP contribution is 2.28. The summed E-state index contributed by atoms with van der Waals surface area (Å²) in [4.78, 5) is 14.7. The molecule has 0 radical (unpaired) electrons. The summed E-state index contributed by atoms with van der Waals surface area (Å²) in [7, 11) is 3.23. The van der Waals surface area contributed by atoms with Gasteiger partial charge in [-0.05, 0) is 47.9 Å². The highest BCUT2D eigenvalue weighted by atomic mass is 79.9. The molecule has 3 rings (SSSR count). The van der Waals surface area contributed by atoms with Crippen LogP contribution in [-0.2, 0) is 13.0 Å². The van der Waals surface area contributed by atoms with Crippen molar-refractivity contribution in [3.63, 3.8) is 0 Å². The Balaban J connectivity index is 1.87. The first-order valence-corrected chi connectivity index (χ1v) is 8.20. The SMILES string of the molecule is COc1ccc2c(c1)CN(C(=O)c1ccc(Br)cc1OC)CC2. The molecule has 0 atom stereocenters. The standard InChI is InChI=1S/C18H18BrNO3/c1-22-15-5-3-12-7-8-20(11-13(12)9-15)18(21)16-6-4-14(19)10-17(16)23-2/h3-6,9-10H,7-8,11H2,1-2H3. The van der Waals surface area contributed by atoms with E-state index < -0.39 is 0 Å². The van der Waals surface area contributed by atoms with Crippen molar-refractivity contribution in [2.24, 2.45) is 0 Å². The van der Waals surface area contributed by atoms with E-state index in [1.165, 1.54) is 5.56 Å². The van der Waals surface area contributed by atoms with Gasteiger partial charge in [-0.2, -0.15) is 0 Å². The molecular formula is C18H18BrNO3. The number of rotatable bonds is 3. The predicted molar refractivity (Wildman–Crippen MR) is 92.1 cm³/mol. The quantitative estimate of drug-likeness (QED) is 0.821. The maximum absolute atomic E-state index is 12.9.